The number of hydrogen-bond donors (Lipinski definition) is 2. The third-order valence-electron chi connectivity index (χ3n) is 3.06. The number of benzene rings is 1. The molecule has 0 bridgehead atoms. The van der Waals surface area contributed by atoms with Crippen molar-refractivity contribution < 1.29 is 9.50 Å². The summed E-state index contributed by atoms with van der Waals surface area (Å²) >= 11 is 3.31. The fourth-order valence-corrected chi connectivity index (χ4v) is 2.28. The van der Waals surface area contributed by atoms with Gasteiger partial charge in [0, 0.05) is 23.1 Å². The first-order chi connectivity index (χ1) is 7.59. The second-order valence-electron chi connectivity index (χ2n) is 4.42. The molecule has 1 saturated carbocycles. The van der Waals surface area contributed by atoms with E-state index in [1.807, 2.05) is 0 Å². The van der Waals surface area contributed by atoms with Gasteiger partial charge < -0.3 is 10.4 Å². The molecule has 0 unspecified atom stereocenters. The fourth-order valence-electron chi connectivity index (χ4n) is 1.87. The molecule has 0 atom stereocenters. The first-order valence-electron chi connectivity index (χ1n) is 5.46. The van der Waals surface area contributed by atoms with Crippen LogP contribution < -0.4 is 5.32 Å². The maximum Gasteiger partial charge on any atom is 0.127 e. The fraction of sp³-hybridized carbons (Fsp3) is 0.500. The first-order valence-corrected chi connectivity index (χ1v) is 6.25. The van der Waals surface area contributed by atoms with Gasteiger partial charge in [-0.2, -0.15) is 0 Å². The van der Waals surface area contributed by atoms with Gasteiger partial charge in [0.1, 0.15) is 5.82 Å². The molecular formula is C12H15BrFNO. The Morgan fingerprint density at radius 2 is 2.19 bits per heavy atom. The molecule has 88 valence electrons. The Morgan fingerprint density at radius 1 is 1.44 bits per heavy atom. The van der Waals surface area contributed by atoms with Crippen molar-refractivity contribution in [3.63, 3.8) is 0 Å². The van der Waals surface area contributed by atoms with E-state index in [0.717, 1.165) is 23.7 Å². The van der Waals surface area contributed by atoms with E-state index in [-0.39, 0.29) is 5.82 Å². The largest absolute Gasteiger partial charge is 0.389 e. The van der Waals surface area contributed by atoms with Crippen LogP contribution in [0.1, 0.15) is 24.8 Å². The number of hydrogen-bond acceptors (Lipinski definition) is 2. The van der Waals surface area contributed by atoms with Crippen molar-refractivity contribution in [2.24, 2.45) is 0 Å². The second kappa shape index (κ2) is 4.82. The van der Waals surface area contributed by atoms with Crippen LogP contribution in [0.5, 0.6) is 0 Å². The minimum Gasteiger partial charge on any atom is -0.389 e. The van der Waals surface area contributed by atoms with Crippen molar-refractivity contribution in [2.75, 3.05) is 6.54 Å². The normalized spacial score (nSPS) is 18.2. The Hall–Kier alpha value is -0.450. The zero-order chi connectivity index (χ0) is 11.6. The summed E-state index contributed by atoms with van der Waals surface area (Å²) in [6, 6.07) is 4.88. The quantitative estimate of drug-likeness (QED) is 0.892. The van der Waals surface area contributed by atoms with Crippen LogP contribution >= 0.6 is 15.9 Å². The summed E-state index contributed by atoms with van der Waals surface area (Å²) in [4.78, 5) is 0. The van der Waals surface area contributed by atoms with Gasteiger partial charge in [0.15, 0.2) is 0 Å². The molecule has 0 heterocycles. The van der Waals surface area contributed by atoms with E-state index in [2.05, 4.69) is 21.2 Å². The highest BCUT2D eigenvalue weighted by molar-refractivity contribution is 9.10. The molecule has 1 aromatic rings. The van der Waals surface area contributed by atoms with Crippen LogP contribution in [0.3, 0.4) is 0 Å². The minimum absolute atomic E-state index is 0.212. The number of aliphatic hydroxyl groups is 1. The molecular weight excluding hydrogens is 273 g/mol. The molecule has 4 heteroatoms. The Morgan fingerprint density at radius 3 is 2.81 bits per heavy atom. The highest BCUT2D eigenvalue weighted by atomic mass is 79.9. The number of rotatable bonds is 4. The molecule has 0 spiro atoms. The van der Waals surface area contributed by atoms with Crippen LogP contribution in [0, 0.1) is 5.82 Å². The molecule has 1 aliphatic rings. The molecule has 0 aromatic heterocycles. The molecule has 1 fully saturated rings. The van der Waals surface area contributed by atoms with E-state index in [4.69, 9.17) is 0 Å². The van der Waals surface area contributed by atoms with Crippen molar-refractivity contribution in [1.82, 2.24) is 5.32 Å². The van der Waals surface area contributed by atoms with E-state index >= 15 is 0 Å². The smallest absolute Gasteiger partial charge is 0.127 e. The molecule has 1 aliphatic carbocycles. The summed E-state index contributed by atoms with van der Waals surface area (Å²) in [6.45, 7) is 0.993. The molecule has 2 rings (SSSR count). The Balaban J connectivity index is 1.87. The predicted molar refractivity (Wildman–Crippen MR) is 64.6 cm³/mol. The Labute approximate surface area is 103 Å². The van der Waals surface area contributed by atoms with Crippen LogP contribution in [-0.2, 0) is 6.54 Å². The highest BCUT2D eigenvalue weighted by Crippen LogP contribution is 2.30. The van der Waals surface area contributed by atoms with Gasteiger partial charge in [-0.05, 0) is 37.5 Å². The van der Waals surface area contributed by atoms with Gasteiger partial charge in [0.05, 0.1) is 5.60 Å². The third kappa shape index (κ3) is 2.81. The van der Waals surface area contributed by atoms with Gasteiger partial charge in [-0.25, -0.2) is 4.39 Å². The van der Waals surface area contributed by atoms with E-state index in [1.165, 1.54) is 6.07 Å². The molecule has 2 nitrogen and oxygen atoms in total. The maximum absolute atomic E-state index is 13.4. The zero-order valence-electron chi connectivity index (χ0n) is 8.97. The molecule has 0 aliphatic heterocycles. The molecule has 0 amide bonds. The summed E-state index contributed by atoms with van der Waals surface area (Å²) in [5.74, 6) is -0.212. The summed E-state index contributed by atoms with van der Waals surface area (Å²) < 4.78 is 14.2. The van der Waals surface area contributed by atoms with Gasteiger partial charge in [0.2, 0.25) is 0 Å². The van der Waals surface area contributed by atoms with E-state index in [0.29, 0.717) is 18.7 Å². The monoisotopic (exact) mass is 287 g/mol. The van der Waals surface area contributed by atoms with Crippen molar-refractivity contribution in [1.29, 1.82) is 0 Å². The van der Waals surface area contributed by atoms with E-state index in [1.54, 1.807) is 12.1 Å². The molecule has 2 N–H and O–H groups in total. The molecule has 16 heavy (non-hydrogen) atoms. The van der Waals surface area contributed by atoms with Crippen LogP contribution in [0.15, 0.2) is 22.7 Å². The molecule has 1 aromatic carbocycles. The Kier molecular flexibility index (Phi) is 3.62. The lowest BCUT2D eigenvalue weighted by molar-refractivity contribution is -0.0315. The lowest BCUT2D eigenvalue weighted by Gasteiger charge is -2.36. The first kappa shape index (κ1) is 12.0. The van der Waals surface area contributed by atoms with Crippen molar-refractivity contribution in [3.8, 4) is 0 Å². The van der Waals surface area contributed by atoms with Gasteiger partial charge >= 0.3 is 0 Å². The molecule has 0 saturated heterocycles. The number of nitrogens with one attached hydrogen (secondary N) is 1. The molecule has 0 radical (unpaired) electrons. The Bertz CT molecular complexity index is 379. The van der Waals surface area contributed by atoms with E-state index < -0.39 is 5.60 Å². The lowest BCUT2D eigenvalue weighted by Crippen LogP contribution is -2.46. The van der Waals surface area contributed by atoms with Gasteiger partial charge in [0.25, 0.3) is 0 Å². The van der Waals surface area contributed by atoms with Crippen LogP contribution in [-0.4, -0.2) is 17.3 Å². The summed E-state index contributed by atoms with van der Waals surface area (Å²) in [6.07, 6.45) is 2.78. The van der Waals surface area contributed by atoms with Gasteiger partial charge in [-0.3, -0.25) is 0 Å². The lowest BCUT2D eigenvalue weighted by atomic mass is 9.80. The summed E-state index contributed by atoms with van der Waals surface area (Å²) in [7, 11) is 0. The third-order valence-corrected chi connectivity index (χ3v) is 3.55. The van der Waals surface area contributed by atoms with Crippen molar-refractivity contribution >= 4 is 15.9 Å². The average molecular weight is 288 g/mol. The standard InChI is InChI=1S/C12H15BrFNO/c13-10-2-3-11(14)9(6-10)7-15-8-12(16)4-1-5-12/h2-3,6,15-16H,1,4-5,7-8H2. The van der Waals surface area contributed by atoms with Crippen LogP contribution in [0.2, 0.25) is 0 Å². The average Bonchev–Trinajstić information content (AvgIpc) is 2.21. The zero-order valence-corrected chi connectivity index (χ0v) is 10.6. The van der Waals surface area contributed by atoms with E-state index in [9.17, 15) is 9.50 Å². The van der Waals surface area contributed by atoms with Crippen molar-refractivity contribution in [3.05, 3.63) is 34.1 Å². The SMILES string of the molecule is OC1(CNCc2cc(Br)ccc2F)CCC1. The topological polar surface area (TPSA) is 32.3 Å². The predicted octanol–water partition coefficient (Wildman–Crippen LogP) is 2.59. The van der Waals surface area contributed by atoms with Gasteiger partial charge in [-0.1, -0.05) is 15.9 Å². The van der Waals surface area contributed by atoms with Gasteiger partial charge in [-0.15, -0.1) is 0 Å². The van der Waals surface area contributed by atoms with Crippen LogP contribution in [0.4, 0.5) is 4.39 Å². The highest BCUT2D eigenvalue weighted by Gasteiger charge is 2.33. The minimum atomic E-state index is -0.553. The maximum atomic E-state index is 13.4. The summed E-state index contributed by atoms with van der Waals surface area (Å²) in [5, 5.41) is 12.9. The van der Waals surface area contributed by atoms with Crippen LogP contribution in [0.25, 0.3) is 0 Å². The number of halogens is 2. The second-order valence-corrected chi connectivity index (χ2v) is 5.33. The van der Waals surface area contributed by atoms with Crippen molar-refractivity contribution in [2.45, 2.75) is 31.4 Å². The summed E-state index contributed by atoms with van der Waals surface area (Å²) in [5.41, 5.74) is 0.0694.